The summed E-state index contributed by atoms with van der Waals surface area (Å²) in [5.74, 6) is -1.07. The lowest BCUT2D eigenvalue weighted by molar-refractivity contribution is -0.130. The Morgan fingerprint density at radius 2 is 1.73 bits per heavy atom. The molecule has 3 rings (SSSR count). The summed E-state index contributed by atoms with van der Waals surface area (Å²) >= 11 is 1.56. The summed E-state index contributed by atoms with van der Waals surface area (Å²) in [4.78, 5) is 40.3. The molecule has 6 heteroatoms. The van der Waals surface area contributed by atoms with Crippen molar-refractivity contribution in [3.05, 3.63) is 57.8 Å². The van der Waals surface area contributed by atoms with Crippen molar-refractivity contribution in [2.24, 2.45) is 0 Å². The van der Waals surface area contributed by atoms with Gasteiger partial charge in [-0.15, -0.1) is 11.3 Å². The van der Waals surface area contributed by atoms with Crippen molar-refractivity contribution in [1.82, 2.24) is 9.80 Å². The van der Waals surface area contributed by atoms with Crippen LogP contribution in [0, 0.1) is 0 Å². The predicted molar refractivity (Wildman–Crippen MR) is 82.6 cm³/mol. The van der Waals surface area contributed by atoms with E-state index in [1.54, 1.807) is 42.6 Å². The van der Waals surface area contributed by atoms with Crippen LogP contribution in [0.4, 0.5) is 0 Å². The molecule has 0 radical (unpaired) electrons. The lowest BCUT2D eigenvalue weighted by Gasteiger charge is -2.20. The number of hydrogen-bond donors (Lipinski definition) is 0. The second-order valence-corrected chi connectivity index (χ2v) is 6.10. The maximum absolute atomic E-state index is 12.3. The minimum atomic E-state index is -0.404. The molecule has 0 spiro atoms. The number of fused-ring (bicyclic) bond motifs is 1. The first-order valence-corrected chi connectivity index (χ1v) is 7.67. The van der Waals surface area contributed by atoms with Gasteiger partial charge in [-0.2, -0.15) is 0 Å². The quantitative estimate of drug-likeness (QED) is 0.811. The van der Waals surface area contributed by atoms with E-state index in [1.165, 1.54) is 4.90 Å². The number of carbonyl (C=O) groups excluding carboxylic acids is 3. The number of thiophene rings is 1. The third-order valence-corrected chi connectivity index (χ3v) is 4.43. The van der Waals surface area contributed by atoms with Gasteiger partial charge < -0.3 is 4.90 Å². The topological polar surface area (TPSA) is 57.7 Å². The van der Waals surface area contributed by atoms with Crippen molar-refractivity contribution < 1.29 is 14.4 Å². The van der Waals surface area contributed by atoms with Gasteiger partial charge >= 0.3 is 0 Å². The van der Waals surface area contributed by atoms with E-state index in [4.69, 9.17) is 0 Å². The van der Waals surface area contributed by atoms with Crippen LogP contribution in [0.5, 0.6) is 0 Å². The number of benzene rings is 1. The summed E-state index contributed by atoms with van der Waals surface area (Å²) in [6.45, 7) is 0.244. The number of rotatable bonds is 4. The van der Waals surface area contributed by atoms with Crippen molar-refractivity contribution in [3.8, 4) is 0 Å². The number of amides is 3. The zero-order valence-corrected chi connectivity index (χ0v) is 12.8. The highest BCUT2D eigenvalue weighted by molar-refractivity contribution is 7.09. The highest BCUT2D eigenvalue weighted by atomic mass is 32.1. The highest BCUT2D eigenvalue weighted by Gasteiger charge is 2.36. The standard InChI is InChI=1S/C16H14N2O3S/c1-17(9-11-5-4-8-22-11)14(19)10-18-15(20)12-6-2-3-7-13(12)16(18)21/h2-8H,9-10H2,1H3. The molecule has 0 N–H and O–H groups in total. The number of nitrogens with zero attached hydrogens (tertiary/aromatic N) is 2. The third-order valence-electron chi connectivity index (χ3n) is 3.57. The van der Waals surface area contributed by atoms with Gasteiger partial charge in [-0.05, 0) is 23.6 Å². The molecule has 0 fully saturated rings. The molecule has 0 unspecified atom stereocenters. The molecule has 0 atom stereocenters. The Kier molecular flexibility index (Phi) is 3.77. The van der Waals surface area contributed by atoms with Gasteiger partial charge in [0.1, 0.15) is 6.54 Å². The largest absolute Gasteiger partial charge is 0.339 e. The first-order chi connectivity index (χ1) is 10.6. The molecule has 0 bridgehead atoms. The third kappa shape index (κ3) is 2.53. The molecule has 0 aliphatic carbocycles. The SMILES string of the molecule is CN(Cc1cccs1)C(=O)CN1C(=O)c2ccccc2C1=O. The molecule has 2 heterocycles. The maximum Gasteiger partial charge on any atom is 0.262 e. The van der Waals surface area contributed by atoms with Gasteiger partial charge in [-0.1, -0.05) is 18.2 Å². The number of imide groups is 1. The van der Waals surface area contributed by atoms with Crippen LogP contribution in [0.2, 0.25) is 0 Å². The number of hydrogen-bond acceptors (Lipinski definition) is 4. The molecule has 0 saturated heterocycles. The van der Waals surface area contributed by atoms with Crippen LogP contribution in [0.1, 0.15) is 25.6 Å². The predicted octanol–water partition coefficient (Wildman–Crippen LogP) is 2.00. The molecule has 3 amide bonds. The minimum Gasteiger partial charge on any atom is -0.339 e. The van der Waals surface area contributed by atoms with Crippen LogP contribution in [-0.4, -0.2) is 41.1 Å². The van der Waals surface area contributed by atoms with Crippen molar-refractivity contribution >= 4 is 29.1 Å². The maximum atomic E-state index is 12.3. The zero-order chi connectivity index (χ0) is 15.7. The first kappa shape index (κ1) is 14.5. The smallest absolute Gasteiger partial charge is 0.262 e. The van der Waals surface area contributed by atoms with E-state index in [-0.39, 0.29) is 12.5 Å². The van der Waals surface area contributed by atoms with E-state index < -0.39 is 11.8 Å². The lowest BCUT2D eigenvalue weighted by Crippen LogP contribution is -2.40. The summed E-state index contributed by atoms with van der Waals surface area (Å²) in [5.41, 5.74) is 0.724. The molecular formula is C16H14N2O3S. The number of likely N-dealkylation sites (N-methyl/N-ethyl adjacent to an activating group) is 1. The van der Waals surface area contributed by atoms with E-state index in [0.717, 1.165) is 9.78 Å². The van der Waals surface area contributed by atoms with Crippen LogP contribution in [0.15, 0.2) is 41.8 Å². The Labute approximate surface area is 131 Å². The molecule has 5 nitrogen and oxygen atoms in total. The molecule has 1 aliphatic heterocycles. The Morgan fingerprint density at radius 1 is 1.09 bits per heavy atom. The molecule has 1 aromatic heterocycles. The van der Waals surface area contributed by atoms with Crippen LogP contribution in [0.25, 0.3) is 0 Å². The molecule has 1 aliphatic rings. The first-order valence-electron chi connectivity index (χ1n) is 6.79. The fourth-order valence-electron chi connectivity index (χ4n) is 2.36. The van der Waals surface area contributed by atoms with Crippen molar-refractivity contribution in [2.75, 3.05) is 13.6 Å². The van der Waals surface area contributed by atoms with E-state index in [0.29, 0.717) is 17.7 Å². The van der Waals surface area contributed by atoms with Crippen LogP contribution in [0.3, 0.4) is 0 Å². The van der Waals surface area contributed by atoms with Gasteiger partial charge in [0.05, 0.1) is 17.7 Å². The van der Waals surface area contributed by atoms with E-state index >= 15 is 0 Å². The van der Waals surface area contributed by atoms with Crippen molar-refractivity contribution in [2.45, 2.75) is 6.54 Å². The average Bonchev–Trinajstić information content (AvgIpc) is 3.10. The van der Waals surface area contributed by atoms with E-state index in [2.05, 4.69) is 0 Å². The van der Waals surface area contributed by atoms with Crippen molar-refractivity contribution in [1.29, 1.82) is 0 Å². The zero-order valence-electron chi connectivity index (χ0n) is 12.0. The second-order valence-electron chi connectivity index (χ2n) is 5.07. The average molecular weight is 314 g/mol. The summed E-state index contributed by atoms with van der Waals surface area (Å²) in [6.07, 6.45) is 0. The van der Waals surface area contributed by atoms with Gasteiger partial charge in [-0.3, -0.25) is 19.3 Å². The molecule has 22 heavy (non-hydrogen) atoms. The van der Waals surface area contributed by atoms with E-state index in [9.17, 15) is 14.4 Å². The normalized spacial score (nSPS) is 13.4. The Hall–Kier alpha value is -2.47. The van der Waals surface area contributed by atoms with Gasteiger partial charge in [0.25, 0.3) is 11.8 Å². The molecular weight excluding hydrogens is 300 g/mol. The monoisotopic (exact) mass is 314 g/mol. The Balaban J connectivity index is 1.70. The molecule has 1 aromatic carbocycles. The van der Waals surface area contributed by atoms with Gasteiger partial charge in [0, 0.05) is 11.9 Å². The minimum absolute atomic E-state index is 0.228. The highest BCUT2D eigenvalue weighted by Crippen LogP contribution is 2.22. The van der Waals surface area contributed by atoms with Crippen LogP contribution < -0.4 is 0 Å². The lowest BCUT2D eigenvalue weighted by atomic mass is 10.1. The van der Waals surface area contributed by atoms with Crippen LogP contribution in [-0.2, 0) is 11.3 Å². The molecule has 0 saturated carbocycles. The Morgan fingerprint density at radius 3 is 2.27 bits per heavy atom. The summed E-state index contributed by atoms with van der Waals surface area (Å²) in [7, 11) is 1.67. The van der Waals surface area contributed by atoms with Crippen molar-refractivity contribution in [3.63, 3.8) is 0 Å². The van der Waals surface area contributed by atoms with Gasteiger partial charge in [0.2, 0.25) is 5.91 Å². The fourth-order valence-corrected chi connectivity index (χ4v) is 3.12. The summed E-state index contributed by atoms with van der Waals surface area (Å²) in [6, 6.07) is 10.5. The second kappa shape index (κ2) is 5.73. The Bertz CT molecular complexity index is 705. The summed E-state index contributed by atoms with van der Waals surface area (Å²) < 4.78 is 0. The molecule has 112 valence electrons. The van der Waals surface area contributed by atoms with E-state index in [1.807, 2.05) is 17.5 Å². The van der Waals surface area contributed by atoms with Crippen LogP contribution >= 0.6 is 11.3 Å². The van der Waals surface area contributed by atoms with Gasteiger partial charge in [0.15, 0.2) is 0 Å². The number of carbonyl (C=O) groups is 3. The van der Waals surface area contributed by atoms with Gasteiger partial charge in [-0.25, -0.2) is 0 Å². The summed E-state index contributed by atoms with van der Waals surface area (Å²) in [5, 5.41) is 1.94. The molecule has 2 aromatic rings. The fraction of sp³-hybridized carbons (Fsp3) is 0.188.